The number of methoxy groups -OCH3 is 1. The molecule has 0 heterocycles. The van der Waals surface area contributed by atoms with Crippen molar-refractivity contribution in [2.75, 3.05) is 7.11 Å². The molecule has 1 atom stereocenters. The van der Waals surface area contributed by atoms with Gasteiger partial charge < -0.3 is 4.74 Å². The Labute approximate surface area is 86.9 Å². The summed E-state index contributed by atoms with van der Waals surface area (Å²) in [5, 5.41) is 2.32. The van der Waals surface area contributed by atoms with Crippen molar-refractivity contribution >= 4 is 34.4 Å². The minimum atomic E-state index is -3.45. The minimum Gasteiger partial charge on any atom is -0.468 e. The predicted octanol–water partition coefficient (Wildman–Crippen LogP) is 2.36. The average Bonchev–Trinajstić information content (AvgIpc) is 1.96. The second-order valence-corrected chi connectivity index (χ2v) is 7.39. The van der Waals surface area contributed by atoms with Crippen LogP contribution in [-0.2, 0) is 14.1 Å². The summed E-state index contributed by atoms with van der Waals surface area (Å²) in [4.78, 5) is 11.1. The summed E-state index contributed by atoms with van der Waals surface area (Å²) < 4.78 is 15.4. The largest absolute Gasteiger partial charge is 0.468 e. The van der Waals surface area contributed by atoms with Gasteiger partial charge in [-0.3, -0.25) is 9.36 Å². The maximum Gasteiger partial charge on any atom is 0.323 e. The predicted molar refractivity (Wildman–Crippen MR) is 53.1 cm³/mol. The molecular weight excluding hydrogens is 236 g/mol. The van der Waals surface area contributed by atoms with Gasteiger partial charge in [-0.25, -0.2) is 5.09 Å². The smallest absolute Gasteiger partial charge is 0.323 e. The van der Waals surface area contributed by atoms with Crippen molar-refractivity contribution in [3.05, 3.63) is 0 Å². The molecule has 0 spiro atoms. The number of ether oxygens (including phenoxy) is 1. The molecule has 0 aliphatic rings. The Hall–Kier alpha value is 0.240. The molecule has 0 saturated carbocycles. The molecule has 0 aliphatic carbocycles. The van der Waals surface area contributed by atoms with E-state index in [0.29, 0.717) is 0 Å². The van der Waals surface area contributed by atoms with E-state index in [2.05, 4.69) is 9.82 Å². The molecule has 0 aromatic carbocycles. The standard InChI is InChI=1S/C6H12Cl2NO3P/c1-4(2)5(6(10)12-3)9-13(7,8)11/h4-5H,1-3H3,(H,9,11). The number of carbonyl (C=O) groups excluding carboxylic acids is 1. The monoisotopic (exact) mass is 247 g/mol. The fraction of sp³-hybridized carbons (Fsp3) is 0.833. The second-order valence-electron chi connectivity index (χ2n) is 2.84. The maximum atomic E-state index is 11.1. The summed E-state index contributed by atoms with van der Waals surface area (Å²) in [6.07, 6.45) is 0. The average molecular weight is 248 g/mol. The van der Waals surface area contributed by atoms with E-state index in [-0.39, 0.29) is 5.92 Å². The first-order valence-corrected chi connectivity index (χ1v) is 7.14. The summed E-state index contributed by atoms with van der Waals surface area (Å²) in [5.74, 6) is -4.08. The highest BCUT2D eigenvalue weighted by molar-refractivity contribution is 8.07. The number of hydrogen-bond acceptors (Lipinski definition) is 3. The van der Waals surface area contributed by atoms with E-state index in [0.717, 1.165) is 0 Å². The Balaban J connectivity index is 4.45. The van der Waals surface area contributed by atoms with Crippen LogP contribution in [-0.4, -0.2) is 19.1 Å². The zero-order valence-electron chi connectivity index (χ0n) is 7.58. The number of hydrogen-bond donors (Lipinski definition) is 1. The normalized spacial score (nSPS) is 14.3. The number of carbonyl (C=O) groups is 1. The van der Waals surface area contributed by atoms with Gasteiger partial charge >= 0.3 is 12.0 Å². The van der Waals surface area contributed by atoms with Crippen molar-refractivity contribution in [3.8, 4) is 0 Å². The van der Waals surface area contributed by atoms with Crippen LogP contribution in [0.5, 0.6) is 0 Å². The lowest BCUT2D eigenvalue weighted by Gasteiger charge is -2.19. The molecule has 1 N–H and O–H groups in total. The Morgan fingerprint density at radius 1 is 1.46 bits per heavy atom. The molecule has 4 nitrogen and oxygen atoms in total. The lowest BCUT2D eigenvalue weighted by atomic mass is 10.1. The summed E-state index contributed by atoms with van der Waals surface area (Å²) in [6.45, 7) is 3.52. The van der Waals surface area contributed by atoms with Crippen molar-refractivity contribution in [1.29, 1.82) is 0 Å². The molecule has 0 aromatic rings. The molecular formula is C6H12Cl2NO3P. The third kappa shape index (κ3) is 5.53. The molecule has 0 aliphatic heterocycles. The fourth-order valence-electron chi connectivity index (χ4n) is 0.763. The fourth-order valence-corrected chi connectivity index (χ4v) is 2.12. The molecule has 0 saturated heterocycles. The second kappa shape index (κ2) is 5.20. The zero-order valence-corrected chi connectivity index (χ0v) is 9.99. The first-order chi connectivity index (χ1) is 5.78. The first-order valence-electron chi connectivity index (χ1n) is 3.63. The van der Waals surface area contributed by atoms with Crippen molar-refractivity contribution < 1.29 is 14.1 Å². The van der Waals surface area contributed by atoms with E-state index in [1.807, 2.05) is 0 Å². The van der Waals surface area contributed by atoms with E-state index in [4.69, 9.17) is 22.5 Å². The van der Waals surface area contributed by atoms with Gasteiger partial charge in [-0.2, -0.15) is 0 Å². The van der Waals surface area contributed by atoms with Gasteiger partial charge in [0, 0.05) is 0 Å². The summed E-state index contributed by atoms with van der Waals surface area (Å²) in [5.41, 5.74) is 0. The van der Waals surface area contributed by atoms with Gasteiger partial charge in [0.25, 0.3) is 0 Å². The van der Waals surface area contributed by atoms with Crippen LogP contribution in [0, 0.1) is 5.92 Å². The molecule has 78 valence electrons. The van der Waals surface area contributed by atoms with Gasteiger partial charge in [-0.1, -0.05) is 13.8 Å². The zero-order chi connectivity index (χ0) is 10.6. The molecule has 0 fully saturated rings. The topological polar surface area (TPSA) is 55.4 Å². The van der Waals surface area contributed by atoms with Crippen molar-refractivity contribution in [1.82, 2.24) is 5.09 Å². The van der Waals surface area contributed by atoms with Crippen LogP contribution in [0.3, 0.4) is 0 Å². The number of esters is 1. The van der Waals surface area contributed by atoms with Crippen molar-refractivity contribution in [2.45, 2.75) is 19.9 Å². The SMILES string of the molecule is COC(=O)C(NP(=O)(Cl)Cl)C(C)C. The van der Waals surface area contributed by atoms with Gasteiger partial charge in [-0.05, 0) is 28.4 Å². The summed E-state index contributed by atoms with van der Waals surface area (Å²) in [7, 11) is 1.24. The molecule has 1 unspecified atom stereocenters. The molecule has 0 amide bonds. The van der Waals surface area contributed by atoms with Gasteiger partial charge in [0.1, 0.15) is 6.04 Å². The number of halogens is 2. The van der Waals surface area contributed by atoms with Crippen LogP contribution in [0.25, 0.3) is 0 Å². The molecule has 0 radical (unpaired) electrons. The number of nitrogens with one attached hydrogen (secondary N) is 1. The van der Waals surface area contributed by atoms with Crippen LogP contribution >= 0.6 is 28.5 Å². The van der Waals surface area contributed by atoms with E-state index < -0.39 is 18.0 Å². The molecule has 13 heavy (non-hydrogen) atoms. The Kier molecular flexibility index (Phi) is 5.30. The number of rotatable bonds is 4. The minimum absolute atomic E-state index is 0.0988. The third-order valence-electron chi connectivity index (χ3n) is 1.41. The van der Waals surface area contributed by atoms with Crippen LogP contribution < -0.4 is 5.09 Å². The highest BCUT2D eigenvalue weighted by Crippen LogP contribution is 2.53. The first kappa shape index (κ1) is 13.2. The van der Waals surface area contributed by atoms with Gasteiger partial charge in [0.2, 0.25) is 0 Å². The molecule has 0 aromatic heterocycles. The van der Waals surface area contributed by atoms with E-state index in [1.165, 1.54) is 7.11 Å². The van der Waals surface area contributed by atoms with Crippen LogP contribution in [0.2, 0.25) is 0 Å². The quantitative estimate of drug-likeness (QED) is 0.612. The van der Waals surface area contributed by atoms with Crippen LogP contribution in [0.4, 0.5) is 0 Å². The third-order valence-corrected chi connectivity index (χ3v) is 2.58. The van der Waals surface area contributed by atoms with E-state index >= 15 is 0 Å². The van der Waals surface area contributed by atoms with Gasteiger partial charge in [-0.15, -0.1) is 0 Å². The van der Waals surface area contributed by atoms with E-state index in [1.54, 1.807) is 13.8 Å². The molecule has 0 rings (SSSR count). The van der Waals surface area contributed by atoms with Crippen LogP contribution in [0.15, 0.2) is 0 Å². The summed E-state index contributed by atoms with van der Waals surface area (Å²) in [6, 6.07) is -0.745. The summed E-state index contributed by atoms with van der Waals surface area (Å²) >= 11 is 10.6. The molecule has 0 bridgehead atoms. The van der Waals surface area contributed by atoms with Gasteiger partial charge in [0.15, 0.2) is 0 Å². The van der Waals surface area contributed by atoms with Gasteiger partial charge in [0.05, 0.1) is 7.11 Å². The van der Waals surface area contributed by atoms with Crippen LogP contribution in [0.1, 0.15) is 13.8 Å². The molecule has 7 heteroatoms. The highest BCUT2D eigenvalue weighted by atomic mass is 35.9. The Morgan fingerprint density at radius 3 is 2.15 bits per heavy atom. The lowest BCUT2D eigenvalue weighted by molar-refractivity contribution is -0.143. The Bertz CT molecular complexity index is 228. The lowest BCUT2D eigenvalue weighted by Crippen LogP contribution is -2.38. The van der Waals surface area contributed by atoms with E-state index in [9.17, 15) is 9.36 Å². The highest BCUT2D eigenvalue weighted by Gasteiger charge is 2.29. The maximum absolute atomic E-state index is 11.1. The van der Waals surface area contributed by atoms with Crippen molar-refractivity contribution in [2.24, 2.45) is 5.92 Å². The van der Waals surface area contributed by atoms with Crippen molar-refractivity contribution in [3.63, 3.8) is 0 Å². The Morgan fingerprint density at radius 2 is 1.92 bits per heavy atom.